The van der Waals surface area contributed by atoms with Gasteiger partial charge in [0.2, 0.25) is 0 Å². The van der Waals surface area contributed by atoms with Gasteiger partial charge in [0, 0.05) is 29.8 Å². The second-order valence-corrected chi connectivity index (χ2v) is 7.70. The van der Waals surface area contributed by atoms with Crippen LogP contribution in [-0.2, 0) is 13.0 Å². The maximum absolute atomic E-state index is 13.1. The number of carbonyl (C=O) groups excluding carboxylic acids is 1. The summed E-state index contributed by atoms with van der Waals surface area (Å²) in [4.78, 5) is 17.6. The number of hydrogen-bond donors (Lipinski definition) is 1. The van der Waals surface area contributed by atoms with E-state index < -0.39 is 0 Å². The van der Waals surface area contributed by atoms with Crippen LogP contribution in [0.25, 0.3) is 22.5 Å². The number of halogens is 1. The van der Waals surface area contributed by atoms with Crippen molar-refractivity contribution in [2.24, 2.45) is 0 Å². The van der Waals surface area contributed by atoms with Crippen LogP contribution in [-0.4, -0.2) is 20.6 Å². The normalized spacial score (nSPS) is 12.7. The highest BCUT2D eigenvalue weighted by molar-refractivity contribution is 6.33. The molecule has 0 saturated carbocycles. The van der Waals surface area contributed by atoms with E-state index in [1.165, 1.54) is 0 Å². The molecule has 0 saturated heterocycles. The molecule has 2 aromatic heterocycles. The van der Waals surface area contributed by atoms with Crippen molar-refractivity contribution in [3.63, 3.8) is 0 Å². The Morgan fingerprint density at radius 2 is 2.07 bits per heavy atom. The van der Waals surface area contributed by atoms with Gasteiger partial charge in [0.25, 0.3) is 5.91 Å². The number of benzene rings is 2. The van der Waals surface area contributed by atoms with Crippen molar-refractivity contribution in [1.29, 1.82) is 0 Å². The van der Waals surface area contributed by atoms with Crippen molar-refractivity contribution in [2.75, 3.05) is 5.32 Å². The zero-order chi connectivity index (χ0) is 20.7. The lowest BCUT2D eigenvalue weighted by Gasteiger charge is -2.09. The van der Waals surface area contributed by atoms with Crippen LogP contribution >= 0.6 is 11.6 Å². The monoisotopic (exact) mass is 418 g/mol. The first-order chi connectivity index (χ1) is 14.6. The fourth-order valence-corrected chi connectivity index (χ4v) is 4.14. The molecular weight excluding hydrogens is 400 g/mol. The van der Waals surface area contributed by atoms with E-state index in [2.05, 4.69) is 20.0 Å². The largest absolute Gasteiger partial charge is 0.360 e. The number of nitrogens with one attached hydrogen (secondary N) is 1. The lowest BCUT2D eigenvalue weighted by molar-refractivity contribution is 0.102. The van der Waals surface area contributed by atoms with E-state index >= 15 is 0 Å². The summed E-state index contributed by atoms with van der Waals surface area (Å²) in [5.74, 6) is 1.26. The van der Waals surface area contributed by atoms with Gasteiger partial charge in [-0.3, -0.25) is 4.79 Å². The average Bonchev–Trinajstić information content (AvgIpc) is 3.44. The molecule has 0 atom stereocenters. The minimum Gasteiger partial charge on any atom is -0.360 e. The van der Waals surface area contributed by atoms with Crippen molar-refractivity contribution >= 4 is 23.2 Å². The second-order valence-electron chi connectivity index (χ2n) is 7.29. The van der Waals surface area contributed by atoms with Gasteiger partial charge in [0.05, 0.1) is 16.9 Å². The van der Waals surface area contributed by atoms with E-state index in [9.17, 15) is 4.79 Å². The molecule has 0 fully saturated rings. The number of aromatic nitrogens is 3. The van der Waals surface area contributed by atoms with Crippen molar-refractivity contribution < 1.29 is 9.32 Å². The van der Waals surface area contributed by atoms with Gasteiger partial charge in [-0.1, -0.05) is 47.1 Å². The molecule has 0 spiro atoms. The van der Waals surface area contributed by atoms with Gasteiger partial charge in [-0.15, -0.1) is 0 Å². The number of rotatable bonds is 4. The average molecular weight is 419 g/mol. The Kier molecular flexibility index (Phi) is 4.64. The molecule has 1 N–H and O–H groups in total. The number of aryl methyl sites for hydroxylation is 2. The minimum absolute atomic E-state index is 0.292. The molecule has 150 valence electrons. The summed E-state index contributed by atoms with van der Waals surface area (Å²) in [6.07, 6.45) is 4.02. The summed E-state index contributed by atoms with van der Waals surface area (Å²) in [6, 6.07) is 15.0. The first-order valence-corrected chi connectivity index (χ1v) is 10.2. The Morgan fingerprint density at radius 3 is 2.93 bits per heavy atom. The Morgan fingerprint density at radius 1 is 1.20 bits per heavy atom. The first kappa shape index (κ1) is 18.6. The SMILES string of the molecule is Cc1onc(-c2ccccc2Cl)c1C(=O)Nc1cccc(-c2cnc3n2CCC3)c1. The summed E-state index contributed by atoms with van der Waals surface area (Å²) >= 11 is 6.31. The van der Waals surface area contributed by atoms with Crippen LogP contribution in [0.5, 0.6) is 0 Å². The fraction of sp³-hybridized carbons (Fsp3) is 0.174. The van der Waals surface area contributed by atoms with Gasteiger partial charge in [0.1, 0.15) is 22.8 Å². The van der Waals surface area contributed by atoms with Crippen molar-refractivity contribution in [2.45, 2.75) is 26.3 Å². The highest BCUT2D eigenvalue weighted by Crippen LogP contribution is 2.32. The quantitative estimate of drug-likeness (QED) is 0.483. The molecule has 1 aliphatic heterocycles. The van der Waals surface area contributed by atoms with Crippen molar-refractivity contribution in [3.05, 3.63) is 76.9 Å². The molecule has 2 aromatic carbocycles. The summed E-state index contributed by atoms with van der Waals surface area (Å²) in [6.45, 7) is 2.69. The molecule has 6 nitrogen and oxygen atoms in total. The van der Waals surface area contributed by atoms with E-state index in [1.807, 2.05) is 48.7 Å². The lowest BCUT2D eigenvalue weighted by atomic mass is 10.1. The first-order valence-electron chi connectivity index (χ1n) is 9.79. The van der Waals surface area contributed by atoms with Crippen LogP contribution < -0.4 is 5.32 Å². The molecule has 0 bridgehead atoms. The third-order valence-electron chi connectivity index (χ3n) is 5.36. The van der Waals surface area contributed by atoms with E-state index in [4.69, 9.17) is 16.1 Å². The van der Waals surface area contributed by atoms with Crippen LogP contribution in [0.4, 0.5) is 5.69 Å². The number of fused-ring (bicyclic) bond motifs is 1. The standard InChI is InChI=1S/C23H19ClN4O2/c1-14-21(22(27-30-14)17-8-2-3-9-18(17)24)23(29)26-16-7-4-6-15(12-16)19-13-25-20-10-5-11-28(19)20/h2-4,6-9,12-13H,5,10-11H2,1H3,(H,26,29). The van der Waals surface area contributed by atoms with Gasteiger partial charge in [0.15, 0.2) is 0 Å². The van der Waals surface area contributed by atoms with Gasteiger partial charge in [-0.2, -0.15) is 0 Å². The van der Waals surface area contributed by atoms with Gasteiger partial charge in [-0.05, 0) is 31.5 Å². The third kappa shape index (κ3) is 3.19. The number of anilines is 1. The smallest absolute Gasteiger partial charge is 0.261 e. The Balaban J connectivity index is 1.46. The zero-order valence-corrected chi connectivity index (χ0v) is 17.1. The highest BCUT2D eigenvalue weighted by Gasteiger charge is 2.23. The highest BCUT2D eigenvalue weighted by atomic mass is 35.5. The number of hydrogen-bond acceptors (Lipinski definition) is 4. The third-order valence-corrected chi connectivity index (χ3v) is 5.68. The van der Waals surface area contributed by atoms with Crippen molar-refractivity contribution in [3.8, 4) is 22.5 Å². The molecule has 0 aliphatic carbocycles. The molecule has 4 aromatic rings. The number of nitrogens with zero attached hydrogens (tertiary/aromatic N) is 3. The van der Waals surface area contributed by atoms with Gasteiger partial charge in [-0.25, -0.2) is 4.98 Å². The molecule has 1 aliphatic rings. The second kappa shape index (κ2) is 7.46. The van der Waals surface area contributed by atoms with E-state index in [0.717, 1.165) is 36.5 Å². The predicted molar refractivity (Wildman–Crippen MR) is 116 cm³/mol. The topological polar surface area (TPSA) is 73.0 Å². The Bertz CT molecular complexity index is 1260. The predicted octanol–water partition coefficient (Wildman–Crippen LogP) is 5.37. The van der Waals surface area contributed by atoms with Gasteiger partial charge >= 0.3 is 0 Å². The number of carbonyl (C=O) groups is 1. The van der Waals surface area contributed by atoms with Crippen LogP contribution in [0, 0.1) is 6.92 Å². The molecule has 1 amide bonds. The van der Waals surface area contributed by atoms with Crippen molar-refractivity contribution in [1.82, 2.24) is 14.7 Å². The van der Waals surface area contributed by atoms with Crippen LogP contribution in [0.15, 0.2) is 59.3 Å². The zero-order valence-electron chi connectivity index (χ0n) is 16.4. The molecule has 0 unspecified atom stereocenters. The van der Waals surface area contributed by atoms with E-state index in [-0.39, 0.29) is 5.91 Å². The summed E-state index contributed by atoms with van der Waals surface area (Å²) in [5.41, 5.74) is 4.24. The van der Waals surface area contributed by atoms with E-state index in [0.29, 0.717) is 33.3 Å². The summed E-state index contributed by atoms with van der Waals surface area (Å²) in [7, 11) is 0. The van der Waals surface area contributed by atoms with Crippen LogP contribution in [0.1, 0.15) is 28.4 Å². The molecule has 5 rings (SSSR count). The van der Waals surface area contributed by atoms with Crippen LogP contribution in [0.2, 0.25) is 5.02 Å². The maximum atomic E-state index is 13.1. The van der Waals surface area contributed by atoms with E-state index in [1.54, 1.807) is 13.0 Å². The minimum atomic E-state index is -0.292. The molecule has 3 heterocycles. The Hall–Kier alpha value is -3.38. The molecule has 0 radical (unpaired) electrons. The molecule has 7 heteroatoms. The fourth-order valence-electron chi connectivity index (χ4n) is 3.92. The van der Waals surface area contributed by atoms with Crippen LogP contribution in [0.3, 0.4) is 0 Å². The number of amides is 1. The lowest BCUT2D eigenvalue weighted by Crippen LogP contribution is -2.13. The van der Waals surface area contributed by atoms with Gasteiger partial charge < -0.3 is 14.4 Å². The number of imidazole rings is 1. The molecule has 30 heavy (non-hydrogen) atoms. The molecular formula is C23H19ClN4O2. The summed E-state index contributed by atoms with van der Waals surface area (Å²) in [5, 5.41) is 7.56. The summed E-state index contributed by atoms with van der Waals surface area (Å²) < 4.78 is 7.55. The maximum Gasteiger partial charge on any atom is 0.261 e. The Labute approximate surface area is 178 Å².